The molecule has 0 fully saturated rings. The van der Waals surface area contributed by atoms with E-state index in [4.69, 9.17) is 0 Å². The van der Waals surface area contributed by atoms with E-state index in [1.54, 1.807) is 0 Å². The van der Waals surface area contributed by atoms with E-state index in [2.05, 4.69) is 30.1 Å². The van der Waals surface area contributed by atoms with Crippen LogP contribution in [0.5, 0.6) is 0 Å². The fraction of sp³-hybridized carbons (Fsp3) is 0.222. The van der Waals surface area contributed by atoms with Gasteiger partial charge < -0.3 is 0 Å². The van der Waals surface area contributed by atoms with Gasteiger partial charge in [-0.2, -0.15) is 0 Å². The molecule has 0 amide bonds. The van der Waals surface area contributed by atoms with Gasteiger partial charge in [0.1, 0.15) is 0 Å². The summed E-state index contributed by atoms with van der Waals surface area (Å²) in [5, 5.41) is 0. The molecule has 1 heterocycles. The van der Waals surface area contributed by atoms with Gasteiger partial charge in [0.05, 0.1) is 5.69 Å². The highest BCUT2D eigenvalue weighted by Gasteiger charge is 2.07. The van der Waals surface area contributed by atoms with Crippen molar-refractivity contribution in [3.63, 3.8) is 0 Å². The van der Waals surface area contributed by atoms with E-state index in [0.717, 1.165) is 11.4 Å². The van der Waals surface area contributed by atoms with Crippen LogP contribution in [0.15, 0.2) is 34.2 Å². The Morgan fingerprint density at radius 1 is 1.36 bits per heavy atom. The first-order chi connectivity index (χ1) is 5.36. The molecule has 0 saturated carbocycles. The molecule has 1 aliphatic heterocycles. The Balaban J connectivity index is 2.51. The van der Waals surface area contributed by atoms with Crippen LogP contribution in [0.1, 0.15) is 6.92 Å². The molecule has 1 aromatic carbocycles. The fourth-order valence-corrected chi connectivity index (χ4v) is 1.96. The van der Waals surface area contributed by atoms with Crippen molar-refractivity contribution in [2.24, 2.45) is 4.99 Å². The Kier molecular flexibility index (Phi) is 1.70. The number of fused-ring (bicyclic) bond motifs is 1. The molecule has 56 valence electrons. The molecule has 0 spiro atoms. The number of para-hydroxylation sites is 1. The Hall–Kier alpha value is -0.760. The van der Waals surface area contributed by atoms with Crippen LogP contribution in [-0.2, 0) is 0 Å². The Bertz CT molecular complexity index is 304. The van der Waals surface area contributed by atoms with Crippen molar-refractivity contribution in [3.8, 4) is 0 Å². The fourth-order valence-electron chi connectivity index (χ4n) is 1.09. The summed E-state index contributed by atoms with van der Waals surface area (Å²) in [6.45, 7) is 2.07. The molecule has 2 heteroatoms. The van der Waals surface area contributed by atoms with Gasteiger partial charge >= 0.3 is 0 Å². The Labute approximate surface area is 70.5 Å². The molecule has 0 aliphatic carbocycles. The van der Waals surface area contributed by atoms with Gasteiger partial charge in [-0.15, -0.1) is 11.8 Å². The molecule has 0 radical (unpaired) electrons. The largest absolute Gasteiger partial charge is 0.256 e. The second kappa shape index (κ2) is 2.70. The molecular formula is C9H9NS. The first-order valence-electron chi connectivity index (χ1n) is 3.62. The van der Waals surface area contributed by atoms with Crippen molar-refractivity contribution in [1.82, 2.24) is 0 Å². The van der Waals surface area contributed by atoms with Gasteiger partial charge in [-0.3, -0.25) is 4.99 Å². The first kappa shape index (κ1) is 6.92. The van der Waals surface area contributed by atoms with Crippen LogP contribution in [-0.4, -0.2) is 11.5 Å². The summed E-state index contributed by atoms with van der Waals surface area (Å²) in [6.07, 6.45) is 0. The number of aliphatic imine (C=N–C) groups is 1. The third-order valence-electron chi connectivity index (χ3n) is 1.61. The predicted octanol–water partition coefficient (Wildman–Crippen LogP) is 2.88. The monoisotopic (exact) mass is 163 g/mol. The normalized spacial score (nSPS) is 15.5. The maximum atomic E-state index is 4.44. The highest BCUT2D eigenvalue weighted by atomic mass is 32.2. The van der Waals surface area contributed by atoms with Crippen molar-refractivity contribution in [3.05, 3.63) is 24.3 Å². The number of nitrogens with zero attached hydrogens (tertiary/aromatic N) is 1. The summed E-state index contributed by atoms with van der Waals surface area (Å²) in [7, 11) is 0. The minimum absolute atomic E-state index is 1.04. The van der Waals surface area contributed by atoms with Gasteiger partial charge in [-0.25, -0.2) is 0 Å². The van der Waals surface area contributed by atoms with Crippen molar-refractivity contribution in [1.29, 1.82) is 0 Å². The predicted molar refractivity (Wildman–Crippen MR) is 49.9 cm³/mol. The van der Waals surface area contributed by atoms with E-state index in [0.29, 0.717) is 0 Å². The van der Waals surface area contributed by atoms with Crippen molar-refractivity contribution in [2.75, 3.05) is 5.75 Å². The SMILES string of the molecule is CC1=Nc2ccccc2SC1. The van der Waals surface area contributed by atoms with Gasteiger partial charge in [-0.1, -0.05) is 12.1 Å². The van der Waals surface area contributed by atoms with Crippen molar-refractivity contribution >= 4 is 23.2 Å². The van der Waals surface area contributed by atoms with Crippen LogP contribution in [0, 0.1) is 0 Å². The molecule has 11 heavy (non-hydrogen) atoms. The third kappa shape index (κ3) is 1.31. The lowest BCUT2D eigenvalue weighted by molar-refractivity contribution is 1.34. The zero-order chi connectivity index (χ0) is 7.68. The smallest absolute Gasteiger partial charge is 0.0765 e. The molecule has 1 aliphatic rings. The summed E-state index contributed by atoms with van der Waals surface area (Å²) in [4.78, 5) is 5.75. The molecule has 1 aromatic rings. The summed E-state index contributed by atoms with van der Waals surface area (Å²) in [5.41, 5.74) is 2.34. The Morgan fingerprint density at radius 3 is 3.09 bits per heavy atom. The first-order valence-corrected chi connectivity index (χ1v) is 4.61. The highest BCUT2D eigenvalue weighted by molar-refractivity contribution is 8.00. The lowest BCUT2D eigenvalue weighted by atomic mass is 10.3. The summed E-state index contributed by atoms with van der Waals surface area (Å²) in [5.74, 6) is 1.04. The summed E-state index contributed by atoms with van der Waals surface area (Å²) < 4.78 is 0. The van der Waals surface area contributed by atoms with Crippen molar-refractivity contribution < 1.29 is 0 Å². The molecular weight excluding hydrogens is 154 g/mol. The van der Waals surface area contributed by atoms with E-state index in [1.807, 2.05) is 17.8 Å². The minimum Gasteiger partial charge on any atom is -0.256 e. The standard InChI is InChI=1S/C9H9NS/c1-7-6-11-9-5-3-2-4-8(9)10-7/h2-5H,6H2,1H3. The second-order valence-corrected chi connectivity index (χ2v) is 3.62. The third-order valence-corrected chi connectivity index (χ3v) is 2.83. The quantitative estimate of drug-likeness (QED) is 0.573. The van der Waals surface area contributed by atoms with Gasteiger partial charge in [0.15, 0.2) is 0 Å². The van der Waals surface area contributed by atoms with Gasteiger partial charge in [0.25, 0.3) is 0 Å². The summed E-state index contributed by atoms with van der Waals surface area (Å²) >= 11 is 1.87. The summed E-state index contributed by atoms with van der Waals surface area (Å²) in [6, 6.07) is 8.27. The van der Waals surface area contributed by atoms with E-state index < -0.39 is 0 Å². The molecule has 2 rings (SSSR count). The van der Waals surface area contributed by atoms with Crippen LogP contribution in [0.4, 0.5) is 5.69 Å². The number of hydrogen-bond donors (Lipinski definition) is 0. The minimum atomic E-state index is 1.04. The zero-order valence-electron chi connectivity index (χ0n) is 6.37. The zero-order valence-corrected chi connectivity index (χ0v) is 7.19. The highest BCUT2D eigenvalue weighted by Crippen LogP contribution is 2.32. The lowest BCUT2D eigenvalue weighted by Crippen LogP contribution is -1.98. The van der Waals surface area contributed by atoms with Crippen LogP contribution < -0.4 is 0 Å². The van der Waals surface area contributed by atoms with Crippen molar-refractivity contribution in [2.45, 2.75) is 11.8 Å². The molecule has 0 unspecified atom stereocenters. The molecule has 0 aromatic heterocycles. The van der Waals surface area contributed by atoms with Gasteiger partial charge in [0, 0.05) is 16.4 Å². The molecule has 0 bridgehead atoms. The number of benzene rings is 1. The average molecular weight is 163 g/mol. The Morgan fingerprint density at radius 2 is 2.18 bits per heavy atom. The van der Waals surface area contributed by atoms with Crippen LogP contribution >= 0.6 is 11.8 Å². The number of rotatable bonds is 0. The van der Waals surface area contributed by atoms with E-state index in [1.165, 1.54) is 10.6 Å². The molecule has 1 nitrogen and oxygen atoms in total. The topological polar surface area (TPSA) is 12.4 Å². The van der Waals surface area contributed by atoms with E-state index in [-0.39, 0.29) is 0 Å². The van der Waals surface area contributed by atoms with E-state index in [9.17, 15) is 0 Å². The maximum Gasteiger partial charge on any atom is 0.0765 e. The van der Waals surface area contributed by atoms with Crippen LogP contribution in [0.3, 0.4) is 0 Å². The van der Waals surface area contributed by atoms with Gasteiger partial charge in [0.2, 0.25) is 0 Å². The number of hydrogen-bond acceptors (Lipinski definition) is 2. The van der Waals surface area contributed by atoms with Crippen LogP contribution in [0.25, 0.3) is 0 Å². The maximum absolute atomic E-state index is 4.44. The van der Waals surface area contributed by atoms with E-state index >= 15 is 0 Å². The van der Waals surface area contributed by atoms with Gasteiger partial charge in [-0.05, 0) is 19.1 Å². The number of thioether (sulfide) groups is 1. The average Bonchev–Trinajstić information content (AvgIpc) is 2.04. The molecule has 0 saturated heterocycles. The second-order valence-electron chi connectivity index (χ2n) is 2.60. The molecule has 0 N–H and O–H groups in total. The molecule has 0 atom stereocenters. The van der Waals surface area contributed by atoms with Crippen LogP contribution in [0.2, 0.25) is 0 Å². The lowest BCUT2D eigenvalue weighted by Gasteiger charge is -2.11.